The summed E-state index contributed by atoms with van der Waals surface area (Å²) in [6, 6.07) is 14.1. The lowest BCUT2D eigenvalue weighted by atomic mass is 10.1. The predicted molar refractivity (Wildman–Crippen MR) is 124 cm³/mol. The topological polar surface area (TPSA) is 52.7 Å². The Morgan fingerprint density at radius 3 is 2.35 bits per heavy atom. The maximum absolute atomic E-state index is 13.4. The van der Waals surface area contributed by atoms with Crippen molar-refractivity contribution in [1.82, 2.24) is 5.32 Å². The molecule has 1 N–H and O–H groups in total. The molecule has 1 saturated heterocycles. The van der Waals surface area contributed by atoms with Gasteiger partial charge < -0.3 is 15.1 Å². The molecular weight excluding hydrogens is 443 g/mol. The van der Waals surface area contributed by atoms with Gasteiger partial charge in [-0.2, -0.15) is 13.2 Å². The van der Waals surface area contributed by atoms with E-state index in [0.717, 1.165) is 41.5 Å². The molecule has 2 aliphatic carbocycles. The van der Waals surface area contributed by atoms with Crippen molar-refractivity contribution in [3.63, 3.8) is 0 Å². The number of nitrogens with zero attached hydrogens (tertiary/aromatic N) is 2. The van der Waals surface area contributed by atoms with Crippen LogP contribution in [0, 0.1) is 5.92 Å². The number of alkyl halides is 3. The summed E-state index contributed by atoms with van der Waals surface area (Å²) in [6.07, 6.45) is -0.0625. The highest BCUT2D eigenvalue weighted by Crippen LogP contribution is 2.42. The normalized spacial score (nSPS) is 22.2. The van der Waals surface area contributed by atoms with Gasteiger partial charge in [-0.15, -0.1) is 0 Å². The minimum Gasteiger partial charge on any atom is -0.313 e. The first-order valence-electron chi connectivity index (χ1n) is 11.9. The van der Waals surface area contributed by atoms with E-state index in [4.69, 9.17) is 0 Å². The van der Waals surface area contributed by atoms with Crippen molar-refractivity contribution in [2.75, 3.05) is 22.9 Å². The number of nitrogens with one attached hydrogen (secondary N) is 1. The highest BCUT2D eigenvalue weighted by atomic mass is 19.4. The van der Waals surface area contributed by atoms with Gasteiger partial charge in [0.05, 0.1) is 6.54 Å². The summed E-state index contributed by atoms with van der Waals surface area (Å²) < 4.78 is 40.1. The average Bonchev–Trinajstić information content (AvgIpc) is 3.74. The maximum Gasteiger partial charge on any atom is 0.471 e. The van der Waals surface area contributed by atoms with Crippen LogP contribution in [-0.2, 0) is 16.1 Å². The molecule has 2 aromatic carbocycles. The van der Waals surface area contributed by atoms with Crippen molar-refractivity contribution in [3.8, 4) is 0 Å². The molecule has 5 rings (SSSR count). The van der Waals surface area contributed by atoms with E-state index in [2.05, 4.69) is 5.32 Å². The molecule has 2 amide bonds. The Balaban J connectivity index is 1.29. The van der Waals surface area contributed by atoms with Crippen molar-refractivity contribution in [2.45, 2.75) is 56.8 Å². The molecule has 2 saturated carbocycles. The van der Waals surface area contributed by atoms with Gasteiger partial charge in [0, 0.05) is 36.3 Å². The van der Waals surface area contributed by atoms with E-state index >= 15 is 0 Å². The average molecular weight is 472 g/mol. The number of halogens is 3. The fraction of sp³-hybridized carbons (Fsp3) is 0.462. The molecule has 2 atom stereocenters. The number of hydrogen-bond donors (Lipinski definition) is 1. The van der Waals surface area contributed by atoms with Crippen LogP contribution in [0.4, 0.5) is 24.5 Å². The highest BCUT2D eigenvalue weighted by molar-refractivity contribution is 5.97. The first kappa shape index (κ1) is 22.9. The summed E-state index contributed by atoms with van der Waals surface area (Å²) in [7, 11) is 0. The van der Waals surface area contributed by atoms with E-state index in [9.17, 15) is 22.8 Å². The van der Waals surface area contributed by atoms with Crippen molar-refractivity contribution < 1.29 is 22.8 Å². The number of amides is 2. The Morgan fingerprint density at radius 2 is 1.76 bits per heavy atom. The van der Waals surface area contributed by atoms with Crippen LogP contribution in [0.25, 0.3) is 0 Å². The van der Waals surface area contributed by atoms with E-state index < -0.39 is 12.1 Å². The molecule has 3 aliphatic rings. The number of hydrogen-bond acceptors (Lipinski definition) is 3. The monoisotopic (exact) mass is 471 g/mol. The van der Waals surface area contributed by atoms with Crippen LogP contribution in [0.15, 0.2) is 48.5 Å². The third-order valence-electron chi connectivity index (χ3n) is 6.94. The Morgan fingerprint density at radius 1 is 1.06 bits per heavy atom. The Kier molecular flexibility index (Phi) is 6.10. The zero-order valence-corrected chi connectivity index (χ0v) is 18.9. The van der Waals surface area contributed by atoms with Crippen LogP contribution >= 0.6 is 0 Å². The molecule has 2 aromatic rings. The second-order valence-corrected chi connectivity index (χ2v) is 9.60. The van der Waals surface area contributed by atoms with Crippen molar-refractivity contribution in [3.05, 3.63) is 59.7 Å². The third kappa shape index (κ3) is 5.12. The van der Waals surface area contributed by atoms with Crippen LogP contribution in [0.2, 0.25) is 0 Å². The van der Waals surface area contributed by atoms with Gasteiger partial charge in [0.15, 0.2) is 0 Å². The Hall–Kier alpha value is -2.87. The van der Waals surface area contributed by atoms with Gasteiger partial charge in [0.1, 0.15) is 0 Å². The predicted octanol–water partition coefficient (Wildman–Crippen LogP) is 4.76. The summed E-state index contributed by atoms with van der Waals surface area (Å²) in [6.45, 7) is 1.47. The van der Waals surface area contributed by atoms with Gasteiger partial charge in [-0.1, -0.05) is 24.3 Å². The molecule has 2 unspecified atom stereocenters. The lowest BCUT2D eigenvalue weighted by molar-refractivity contribution is -0.170. The standard InChI is InChI=1S/C26H28F3N3O2/c27-26(28,29)25(34)32(16-18-5-9-20(10-6-18)31-13-1-2-24(31)33)21-11-7-19(8-12-21)22-14-23(22)30-15-17-3-4-17/h5-12,17,22-23,30H,1-4,13-16H2. The Labute approximate surface area is 196 Å². The molecule has 5 nitrogen and oxygen atoms in total. The van der Waals surface area contributed by atoms with Crippen LogP contribution in [0.1, 0.15) is 49.1 Å². The zero-order chi connectivity index (χ0) is 23.9. The van der Waals surface area contributed by atoms with Crippen molar-refractivity contribution in [2.24, 2.45) is 5.92 Å². The first-order chi connectivity index (χ1) is 16.3. The first-order valence-corrected chi connectivity index (χ1v) is 11.9. The van der Waals surface area contributed by atoms with Crippen LogP contribution in [-0.4, -0.2) is 37.1 Å². The molecule has 0 aromatic heterocycles. The molecule has 0 radical (unpaired) electrons. The van der Waals surface area contributed by atoms with E-state index in [1.54, 1.807) is 41.3 Å². The van der Waals surface area contributed by atoms with Gasteiger partial charge in [0.2, 0.25) is 5.91 Å². The van der Waals surface area contributed by atoms with Gasteiger partial charge >= 0.3 is 12.1 Å². The van der Waals surface area contributed by atoms with E-state index in [0.29, 0.717) is 30.5 Å². The fourth-order valence-electron chi connectivity index (χ4n) is 4.65. The van der Waals surface area contributed by atoms with Gasteiger partial charge in [-0.3, -0.25) is 9.59 Å². The van der Waals surface area contributed by atoms with Crippen LogP contribution in [0.5, 0.6) is 0 Å². The SMILES string of the molecule is O=C1CCCN1c1ccc(CN(C(=O)C(F)(F)F)c2ccc(C3CC3NCC3CC3)cc2)cc1. The quantitative estimate of drug-likeness (QED) is 0.604. The highest BCUT2D eigenvalue weighted by Gasteiger charge is 2.43. The third-order valence-corrected chi connectivity index (χ3v) is 6.94. The van der Waals surface area contributed by atoms with E-state index in [1.807, 2.05) is 12.1 Å². The van der Waals surface area contributed by atoms with E-state index in [-0.39, 0.29) is 18.1 Å². The van der Waals surface area contributed by atoms with Gasteiger partial charge in [-0.25, -0.2) is 0 Å². The minimum atomic E-state index is -4.98. The maximum atomic E-state index is 13.4. The lowest BCUT2D eigenvalue weighted by Crippen LogP contribution is -2.40. The largest absolute Gasteiger partial charge is 0.471 e. The second-order valence-electron chi connectivity index (χ2n) is 9.60. The molecule has 1 heterocycles. The summed E-state index contributed by atoms with van der Waals surface area (Å²) in [5, 5.41) is 3.56. The minimum absolute atomic E-state index is 0.0438. The summed E-state index contributed by atoms with van der Waals surface area (Å²) >= 11 is 0. The molecular formula is C26H28F3N3O2. The molecule has 180 valence electrons. The van der Waals surface area contributed by atoms with Gasteiger partial charge in [-0.05, 0) is 73.5 Å². The van der Waals surface area contributed by atoms with Crippen LogP contribution < -0.4 is 15.1 Å². The number of rotatable bonds is 8. The number of anilines is 2. The number of carbonyl (C=O) groups excluding carboxylic acids is 2. The summed E-state index contributed by atoms with van der Waals surface area (Å²) in [4.78, 5) is 26.6. The molecule has 0 spiro atoms. The number of benzene rings is 2. The molecule has 8 heteroatoms. The molecule has 1 aliphatic heterocycles. The lowest BCUT2D eigenvalue weighted by Gasteiger charge is -2.25. The van der Waals surface area contributed by atoms with Crippen LogP contribution in [0.3, 0.4) is 0 Å². The smallest absolute Gasteiger partial charge is 0.313 e. The fourth-order valence-corrected chi connectivity index (χ4v) is 4.65. The zero-order valence-electron chi connectivity index (χ0n) is 18.9. The van der Waals surface area contributed by atoms with E-state index in [1.165, 1.54) is 12.8 Å². The molecule has 0 bridgehead atoms. The van der Waals surface area contributed by atoms with Crippen molar-refractivity contribution >= 4 is 23.2 Å². The molecule has 3 fully saturated rings. The van der Waals surface area contributed by atoms with Crippen molar-refractivity contribution in [1.29, 1.82) is 0 Å². The summed E-state index contributed by atoms with van der Waals surface area (Å²) in [5.41, 5.74) is 2.58. The molecule has 34 heavy (non-hydrogen) atoms. The van der Waals surface area contributed by atoms with Gasteiger partial charge in [0.25, 0.3) is 0 Å². The second kappa shape index (κ2) is 9.06. The Bertz CT molecular complexity index is 1050. The number of carbonyl (C=O) groups is 2. The summed E-state index contributed by atoms with van der Waals surface area (Å²) in [5.74, 6) is -0.673.